The highest BCUT2D eigenvalue weighted by Crippen LogP contribution is 2.24. The van der Waals surface area contributed by atoms with Crippen LogP contribution < -0.4 is 5.32 Å². The largest absolute Gasteiger partial charge is 0.314 e. The van der Waals surface area contributed by atoms with Crippen molar-refractivity contribution in [2.45, 2.75) is 31.2 Å². The van der Waals surface area contributed by atoms with E-state index in [4.69, 9.17) is 0 Å². The lowest BCUT2D eigenvalue weighted by atomic mass is 10.2. The highest BCUT2D eigenvalue weighted by molar-refractivity contribution is 7.90. The average Bonchev–Trinajstić information content (AvgIpc) is 2.86. The highest BCUT2D eigenvalue weighted by atomic mass is 32.2. The van der Waals surface area contributed by atoms with Gasteiger partial charge in [0.2, 0.25) is 0 Å². The topological polar surface area (TPSA) is 72.0 Å². The Labute approximate surface area is 129 Å². The zero-order valence-corrected chi connectivity index (χ0v) is 14.0. The third-order valence-electron chi connectivity index (χ3n) is 2.89. The molecule has 2 aromatic rings. The van der Waals surface area contributed by atoms with Gasteiger partial charge in [-0.05, 0) is 12.1 Å². The van der Waals surface area contributed by atoms with E-state index in [0.29, 0.717) is 10.9 Å². The fourth-order valence-electron chi connectivity index (χ4n) is 1.78. The van der Waals surface area contributed by atoms with Crippen LogP contribution in [0.2, 0.25) is 0 Å². The fourth-order valence-corrected chi connectivity index (χ4v) is 3.26. The quantitative estimate of drug-likeness (QED) is 0.881. The summed E-state index contributed by atoms with van der Waals surface area (Å²) in [6, 6.07) is 7.21. The Bertz CT molecular complexity index is 691. The lowest BCUT2D eigenvalue weighted by Crippen LogP contribution is -2.24. The zero-order valence-electron chi connectivity index (χ0n) is 12.3. The smallest absolute Gasteiger partial charge is 0.175 e. The van der Waals surface area contributed by atoms with Gasteiger partial charge >= 0.3 is 0 Å². The van der Waals surface area contributed by atoms with Crippen molar-refractivity contribution in [3.63, 3.8) is 0 Å². The van der Waals surface area contributed by atoms with Crippen LogP contribution in [0, 0.1) is 0 Å². The summed E-state index contributed by atoms with van der Waals surface area (Å²) < 4.78 is 22.9. The molecule has 0 fully saturated rings. The van der Waals surface area contributed by atoms with Gasteiger partial charge < -0.3 is 5.32 Å². The minimum Gasteiger partial charge on any atom is -0.314 e. The molecular weight excluding hydrogens is 306 g/mol. The summed E-state index contributed by atoms with van der Waals surface area (Å²) in [6.45, 7) is 5.09. The van der Waals surface area contributed by atoms with Gasteiger partial charge in [0, 0.05) is 30.8 Å². The fraction of sp³-hybridized carbons (Fsp3) is 0.429. The number of rotatable bonds is 6. The summed E-state index contributed by atoms with van der Waals surface area (Å²) in [4.78, 5) is 0.317. The predicted octanol–water partition coefficient (Wildman–Crippen LogP) is 2.15. The molecule has 1 N–H and O–H groups in total. The first-order valence-corrected chi connectivity index (χ1v) is 9.43. The van der Waals surface area contributed by atoms with Crippen LogP contribution in [0.5, 0.6) is 0 Å². The summed E-state index contributed by atoms with van der Waals surface area (Å²) in [5.74, 6) is 0. The Morgan fingerprint density at radius 2 is 1.86 bits per heavy atom. The summed E-state index contributed by atoms with van der Waals surface area (Å²) in [7, 11) is -3.16. The lowest BCUT2D eigenvalue weighted by Gasteiger charge is -2.05. The van der Waals surface area contributed by atoms with E-state index in [1.54, 1.807) is 24.3 Å². The van der Waals surface area contributed by atoms with Gasteiger partial charge in [-0.2, -0.15) is 0 Å². The molecule has 114 valence electrons. The lowest BCUT2D eigenvalue weighted by molar-refractivity contribution is 0.588. The first-order chi connectivity index (χ1) is 9.86. The molecule has 0 amide bonds. The SMILES string of the molecule is CC(C)NCCc1nnc(-c2ccc(S(C)(=O)=O)cc2)s1. The normalized spacial score (nSPS) is 12.0. The molecule has 0 aliphatic carbocycles. The minimum absolute atomic E-state index is 0.317. The first-order valence-electron chi connectivity index (χ1n) is 6.72. The Morgan fingerprint density at radius 3 is 2.43 bits per heavy atom. The molecule has 0 unspecified atom stereocenters. The van der Waals surface area contributed by atoms with E-state index < -0.39 is 9.84 Å². The molecule has 0 atom stereocenters. The molecular formula is C14H19N3O2S2. The van der Waals surface area contributed by atoms with Gasteiger partial charge in [0.05, 0.1) is 4.90 Å². The van der Waals surface area contributed by atoms with Gasteiger partial charge in [-0.3, -0.25) is 0 Å². The molecule has 2 rings (SSSR count). The van der Waals surface area contributed by atoms with Crippen molar-refractivity contribution in [2.75, 3.05) is 12.8 Å². The van der Waals surface area contributed by atoms with E-state index in [0.717, 1.165) is 28.5 Å². The molecule has 21 heavy (non-hydrogen) atoms. The third kappa shape index (κ3) is 4.59. The van der Waals surface area contributed by atoms with E-state index in [-0.39, 0.29) is 0 Å². The molecule has 0 bridgehead atoms. The van der Waals surface area contributed by atoms with Crippen molar-refractivity contribution in [2.24, 2.45) is 0 Å². The van der Waals surface area contributed by atoms with Crippen LogP contribution in [0.1, 0.15) is 18.9 Å². The van der Waals surface area contributed by atoms with Crippen LogP contribution in [-0.4, -0.2) is 37.5 Å². The van der Waals surface area contributed by atoms with Gasteiger partial charge in [0.25, 0.3) is 0 Å². The number of benzene rings is 1. The first kappa shape index (κ1) is 16.1. The third-order valence-corrected chi connectivity index (χ3v) is 5.05. The molecule has 1 aromatic carbocycles. The molecule has 0 radical (unpaired) electrons. The standard InChI is InChI=1S/C14H19N3O2S2/c1-10(2)15-9-8-13-16-17-14(20-13)11-4-6-12(7-5-11)21(3,18)19/h4-7,10,15H,8-9H2,1-3H3. The van der Waals surface area contributed by atoms with Crippen molar-refractivity contribution in [3.05, 3.63) is 29.3 Å². The second kappa shape index (κ2) is 6.64. The summed E-state index contributed by atoms with van der Waals surface area (Å²) in [6.07, 6.45) is 2.05. The number of sulfone groups is 1. The van der Waals surface area contributed by atoms with Crippen molar-refractivity contribution in [1.82, 2.24) is 15.5 Å². The van der Waals surface area contributed by atoms with E-state index in [1.165, 1.54) is 17.6 Å². The second-order valence-electron chi connectivity index (χ2n) is 5.16. The Hall–Kier alpha value is -1.31. The van der Waals surface area contributed by atoms with Crippen LogP contribution in [-0.2, 0) is 16.3 Å². The Kier molecular flexibility index (Phi) is 5.08. The summed E-state index contributed by atoms with van der Waals surface area (Å²) in [5, 5.41) is 13.5. The number of nitrogens with zero attached hydrogens (tertiary/aromatic N) is 2. The van der Waals surface area contributed by atoms with Crippen molar-refractivity contribution >= 4 is 21.2 Å². The number of aromatic nitrogens is 2. The molecule has 0 aliphatic rings. The molecule has 0 aliphatic heterocycles. The molecule has 1 aromatic heterocycles. The van der Waals surface area contributed by atoms with Crippen molar-refractivity contribution < 1.29 is 8.42 Å². The molecule has 0 saturated heterocycles. The second-order valence-corrected chi connectivity index (χ2v) is 8.23. The van der Waals surface area contributed by atoms with Gasteiger partial charge in [-0.1, -0.05) is 37.3 Å². The maximum Gasteiger partial charge on any atom is 0.175 e. The van der Waals surface area contributed by atoms with Gasteiger partial charge in [0.15, 0.2) is 9.84 Å². The van der Waals surface area contributed by atoms with E-state index in [1.807, 2.05) is 0 Å². The molecule has 7 heteroatoms. The maximum absolute atomic E-state index is 11.4. The molecule has 1 heterocycles. The van der Waals surface area contributed by atoms with E-state index in [2.05, 4.69) is 29.4 Å². The Morgan fingerprint density at radius 1 is 1.19 bits per heavy atom. The van der Waals surface area contributed by atoms with Gasteiger partial charge in [-0.25, -0.2) is 8.42 Å². The molecule has 5 nitrogen and oxygen atoms in total. The van der Waals surface area contributed by atoms with Crippen LogP contribution >= 0.6 is 11.3 Å². The average molecular weight is 325 g/mol. The van der Waals surface area contributed by atoms with Crippen LogP contribution in [0.25, 0.3) is 10.6 Å². The van der Waals surface area contributed by atoms with Crippen LogP contribution in [0.15, 0.2) is 29.2 Å². The van der Waals surface area contributed by atoms with Gasteiger partial charge in [-0.15, -0.1) is 10.2 Å². The molecule has 0 saturated carbocycles. The van der Waals surface area contributed by atoms with Crippen LogP contribution in [0.4, 0.5) is 0 Å². The number of hydrogen-bond acceptors (Lipinski definition) is 6. The maximum atomic E-state index is 11.4. The van der Waals surface area contributed by atoms with E-state index in [9.17, 15) is 8.42 Å². The van der Waals surface area contributed by atoms with Crippen molar-refractivity contribution in [3.8, 4) is 10.6 Å². The predicted molar refractivity (Wildman–Crippen MR) is 85.3 cm³/mol. The number of nitrogens with one attached hydrogen (secondary N) is 1. The summed E-state index contributed by atoms with van der Waals surface area (Å²) >= 11 is 1.54. The van der Waals surface area contributed by atoms with Gasteiger partial charge in [0.1, 0.15) is 10.0 Å². The zero-order chi connectivity index (χ0) is 15.5. The summed E-state index contributed by atoms with van der Waals surface area (Å²) in [5.41, 5.74) is 0.892. The monoisotopic (exact) mass is 325 g/mol. The molecule has 0 spiro atoms. The minimum atomic E-state index is -3.16. The Balaban J connectivity index is 2.07. The number of hydrogen-bond donors (Lipinski definition) is 1. The highest BCUT2D eigenvalue weighted by Gasteiger charge is 2.10. The van der Waals surface area contributed by atoms with Crippen LogP contribution in [0.3, 0.4) is 0 Å². The van der Waals surface area contributed by atoms with E-state index >= 15 is 0 Å². The van der Waals surface area contributed by atoms with Crippen molar-refractivity contribution in [1.29, 1.82) is 0 Å².